The molecule has 0 heterocycles. The molecule has 4 heteroatoms. The highest BCUT2D eigenvalue weighted by molar-refractivity contribution is 6.30. The molecule has 1 atom stereocenters. The number of hydrogen-bond donors (Lipinski definition) is 2. The first kappa shape index (κ1) is 11.0. The van der Waals surface area contributed by atoms with Crippen LogP contribution in [-0.2, 0) is 4.79 Å². The Kier molecular flexibility index (Phi) is 3.92. The van der Waals surface area contributed by atoms with E-state index in [-0.39, 0.29) is 12.3 Å². The molecule has 0 saturated carbocycles. The van der Waals surface area contributed by atoms with E-state index < -0.39 is 5.97 Å². The van der Waals surface area contributed by atoms with E-state index >= 15 is 0 Å². The molecule has 0 aromatic heterocycles. The average Bonchev–Trinajstić information content (AvgIpc) is 2.14. The highest BCUT2D eigenvalue weighted by Crippen LogP contribution is 2.21. The quantitative estimate of drug-likeness (QED) is 0.803. The Bertz CT molecular complexity index is 328. The van der Waals surface area contributed by atoms with Gasteiger partial charge in [0, 0.05) is 10.9 Å². The number of benzene rings is 1. The molecule has 76 valence electrons. The fourth-order valence-corrected chi connectivity index (χ4v) is 1.51. The Morgan fingerprint density at radius 3 is 2.79 bits per heavy atom. The molecule has 1 rings (SSSR count). The van der Waals surface area contributed by atoms with E-state index in [4.69, 9.17) is 22.4 Å². The van der Waals surface area contributed by atoms with Crippen LogP contribution in [0.5, 0.6) is 0 Å². The van der Waals surface area contributed by atoms with E-state index in [0.717, 1.165) is 5.56 Å². The second-order valence-corrected chi connectivity index (χ2v) is 3.52. The summed E-state index contributed by atoms with van der Waals surface area (Å²) in [5.41, 5.74) is 6.37. The molecule has 3 N–H and O–H groups in total. The van der Waals surface area contributed by atoms with Gasteiger partial charge >= 0.3 is 5.97 Å². The normalized spacial score (nSPS) is 12.4. The summed E-state index contributed by atoms with van der Waals surface area (Å²) in [5, 5.41) is 9.26. The molecule has 0 spiro atoms. The summed E-state index contributed by atoms with van der Waals surface area (Å²) in [7, 11) is 0. The first-order valence-corrected chi connectivity index (χ1v) is 4.68. The Hall–Kier alpha value is -1.06. The lowest BCUT2D eigenvalue weighted by Crippen LogP contribution is -2.16. The molecule has 0 aliphatic heterocycles. The van der Waals surface area contributed by atoms with E-state index in [2.05, 4.69) is 0 Å². The van der Waals surface area contributed by atoms with Gasteiger partial charge in [0.2, 0.25) is 0 Å². The molecule has 0 bridgehead atoms. The molecule has 3 nitrogen and oxygen atoms in total. The molecule has 0 amide bonds. The molecule has 0 aliphatic rings. The van der Waals surface area contributed by atoms with Crippen LogP contribution in [0.15, 0.2) is 24.3 Å². The zero-order chi connectivity index (χ0) is 10.6. The van der Waals surface area contributed by atoms with Crippen LogP contribution in [0.1, 0.15) is 17.9 Å². The summed E-state index contributed by atoms with van der Waals surface area (Å²) >= 11 is 5.79. The Morgan fingerprint density at radius 1 is 1.57 bits per heavy atom. The first-order valence-electron chi connectivity index (χ1n) is 4.31. The van der Waals surface area contributed by atoms with E-state index in [1.54, 1.807) is 18.2 Å². The number of carbonyl (C=O) groups is 1. The van der Waals surface area contributed by atoms with Crippen molar-refractivity contribution in [1.29, 1.82) is 0 Å². The number of hydrogen-bond acceptors (Lipinski definition) is 2. The first-order chi connectivity index (χ1) is 6.63. The minimum absolute atomic E-state index is 0.0385. The summed E-state index contributed by atoms with van der Waals surface area (Å²) in [5.74, 6) is -1.01. The average molecular weight is 214 g/mol. The maximum atomic E-state index is 10.5. The molecule has 0 radical (unpaired) electrons. The molecular weight excluding hydrogens is 202 g/mol. The molecule has 0 unspecified atom stereocenters. The van der Waals surface area contributed by atoms with Gasteiger partial charge in [-0.05, 0) is 24.2 Å². The summed E-state index contributed by atoms with van der Waals surface area (Å²) in [6.07, 6.45) is 0.0385. The van der Waals surface area contributed by atoms with Gasteiger partial charge in [-0.2, -0.15) is 0 Å². The maximum Gasteiger partial charge on any atom is 0.304 e. The SMILES string of the molecule is NC[C@H](CC(=O)O)c1cccc(Cl)c1. The van der Waals surface area contributed by atoms with Gasteiger partial charge in [-0.15, -0.1) is 0 Å². The molecule has 0 fully saturated rings. The minimum atomic E-state index is -0.847. The summed E-state index contributed by atoms with van der Waals surface area (Å²) in [6, 6.07) is 7.13. The van der Waals surface area contributed by atoms with E-state index in [9.17, 15) is 4.79 Å². The predicted molar refractivity (Wildman–Crippen MR) is 55.5 cm³/mol. The summed E-state index contributed by atoms with van der Waals surface area (Å²) in [6.45, 7) is 0.312. The smallest absolute Gasteiger partial charge is 0.304 e. The van der Waals surface area contributed by atoms with Gasteiger partial charge in [-0.25, -0.2) is 0 Å². The fourth-order valence-electron chi connectivity index (χ4n) is 1.31. The standard InChI is InChI=1S/C10H12ClNO2/c11-9-3-1-2-7(4-9)8(6-12)5-10(13)14/h1-4,8H,5-6,12H2,(H,13,14)/t8-/m0/s1. The number of carboxylic acid groups (broad SMARTS) is 1. The molecule has 1 aromatic rings. The fraction of sp³-hybridized carbons (Fsp3) is 0.300. The van der Waals surface area contributed by atoms with Crippen molar-refractivity contribution in [2.45, 2.75) is 12.3 Å². The van der Waals surface area contributed by atoms with Crippen molar-refractivity contribution in [3.63, 3.8) is 0 Å². The van der Waals surface area contributed by atoms with Crippen molar-refractivity contribution >= 4 is 17.6 Å². The van der Waals surface area contributed by atoms with Crippen LogP contribution in [0.3, 0.4) is 0 Å². The molecular formula is C10H12ClNO2. The van der Waals surface area contributed by atoms with Crippen LogP contribution in [0, 0.1) is 0 Å². The van der Waals surface area contributed by atoms with Crippen LogP contribution in [0.25, 0.3) is 0 Å². The van der Waals surface area contributed by atoms with Gasteiger partial charge in [0.15, 0.2) is 0 Å². The monoisotopic (exact) mass is 213 g/mol. The van der Waals surface area contributed by atoms with Crippen molar-refractivity contribution < 1.29 is 9.90 Å². The van der Waals surface area contributed by atoms with Gasteiger partial charge in [0.25, 0.3) is 0 Å². The van der Waals surface area contributed by atoms with Crippen molar-refractivity contribution in [2.75, 3.05) is 6.54 Å². The number of rotatable bonds is 4. The Labute approximate surface area is 87.5 Å². The zero-order valence-corrected chi connectivity index (χ0v) is 8.37. The van der Waals surface area contributed by atoms with Gasteiger partial charge in [0.05, 0.1) is 6.42 Å². The van der Waals surface area contributed by atoms with E-state index in [1.807, 2.05) is 6.07 Å². The largest absolute Gasteiger partial charge is 0.481 e. The molecule has 0 aliphatic carbocycles. The third kappa shape index (κ3) is 3.01. The van der Waals surface area contributed by atoms with Gasteiger partial charge in [0.1, 0.15) is 0 Å². The highest BCUT2D eigenvalue weighted by atomic mass is 35.5. The van der Waals surface area contributed by atoms with Crippen LogP contribution < -0.4 is 5.73 Å². The van der Waals surface area contributed by atoms with E-state index in [0.29, 0.717) is 11.6 Å². The lowest BCUT2D eigenvalue weighted by molar-refractivity contribution is -0.137. The molecule has 14 heavy (non-hydrogen) atoms. The second kappa shape index (κ2) is 4.98. The molecule has 1 aromatic carbocycles. The number of halogens is 1. The van der Waals surface area contributed by atoms with Crippen molar-refractivity contribution in [1.82, 2.24) is 0 Å². The van der Waals surface area contributed by atoms with Crippen LogP contribution in [0.4, 0.5) is 0 Å². The van der Waals surface area contributed by atoms with Gasteiger partial charge in [-0.1, -0.05) is 23.7 Å². The van der Waals surface area contributed by atoms with Crippen molar-refractivity contribution in [3.05, 3.63) is 34.9 Å². The zero-order valence-electron chi connectivity index (χ0n) is 7.61. The number of nitrogens with two attached hydrogens (primary N) is 1. The summed E-state index contributed by atoms with van der Waals surface area (Å²) < 4.78 is 0. The number of aliphatic carboxylic acids is 1. The molecule has 0 saturated heterocycles. The highest BCUT2D eigenvalue weighted by Gasteiger charge is 2.13. The predicted octanol–water partition coefficient (Wildman–Crippen LogP) is 1.86. The lowest BCUT2D eigenvalue weighted by Gasteiger charge is -2.12. The Morgan fingerprint density at radius 2 is 2.29 bits per heavy atom. The third-order valence-electron chi connectivity index (χ3n) is 2.03. The second-order valence-electron chi connectivity index (χ2n) is 3.09. The number of carboxylic acids is 1. The van der Waals surface area contributed by atoms with Crippen LogP contribution in [-0.4, -0.2) is 17.6 Å². The lowest BCUT2D eigenvalue weighted by atomic mass is 9.96. The minimum Gasteiger partial charge on any atom is -0.481 e. The van der Waals surface area contributed by atoms with Crippen LogP contribution in [0.2, 0.25) is 5.02 Å². The van der Waals surface area contributed by atoms with Crippen LogP contribution >= 0.6 is 11.6 Å². The van der Waals surface area contributed by atoms with Gasteiger partial charge in [-0.3, -0.25) is 4.79 Å². The van der Waals surface area contributed by atoms with Crippen molar-refractivity contribution in [3.8, 4) is 0 Å². The van der Waals surface area contributed by atoms with Gasteiger partial charge < -0.3 is 10.8 Å². The van der Waals surface area contributed by atoms with E-state index in [1.165, 1.54) is 0 Å². The summed E-state index contributed by atoms with van der Waals surface area (Å²) in [4.78, 5) is 10.5. The Balaban J connectivity index is 2.83. The topological polar surface area (TPSA) is 63.3 Å². The maximum absolute atomic E-state index is 10.5. The third-order valence-corrected chi connectivity index (χ3v) is 2.26. The van der Waals surface area contributed by atoms with Crippen molar-refractivity contribution in [2.24, 2.45) is 5.73 Å².